The molecular formula is C19H20ClN5O. The molecule has 7 heteroatoms. The van der Waals surface area contributed by atoms with Gasteiger partial charge in [-0.1, -0.05) is 17.7 Å². The minimum absolute atomic E-state index is 0.211. The van der Waals surface area contributed by atoms with Gasteiger partial charge in [0, 0.05) is 50.7 Å². The van der Waals surface area contributed by atoms with Gasteiger partial charge in [-0.2, -0.15) is 0 Å². The summed E-state index contributed by atoms with van der Waals surface area (Å²) >= 11 is 6.01. The predicted octanol–water partition coefficient (Wildman–Crippen LogP) is 2.60. The smallest absolute Gasteiger partial charge is 0.267 e. The molecule has 1 N–H and O–H groups in total. The number of anilines is 1. The van der Waals surface area contributed by atoms with Crippen LogP contribution >= 0.6 is 11.6 Å². The first kappa shape index (κ1) is 17.0. The molecule has 0 amide bonds. The SMILES string of the molecule is Cc1c(Cl)c(=O)[nH]c2cc(CN3CCN(c4ccccn4)CC3)cnc12. The van der Waals surface area contributed by atoms with Crippen molar-refractivity contribution in [2.45, 2.75) is 13.5 Å². The molecule has 3 aromatic heterocycles. The van der Waals surface area contributed by atoms with E-state index in [0.717, 1.165) is 60.7 Å². The molecule has 0 unspecified atom stereocenters. The lowest BCUT2D eigenvalue weighted by molar-refractivity contribution is 0.249. The van der Waals surface area contributed by atoms with Gasteiger partial charge in [-0.25, -0.2) is 4.98 Å². The van der Waals surface area contributed by atoms with Gasteiger partial charge in [-0.05, 0) is 30.7 Å². The minimum Gasteiger partial charge on any atom is -0.354 e. The zero-order valence-corrected chi connectivity index (χ0v) is 15.3. The van der Waals surface area contributed by atoms with E-state index < -0.39 is 0 Å². The van der Waals surface area contributed by atoms with E-state index in [4.69, 9.17) is 11.6 Å². The van der Waals surface area contributed by atoms with Crippen LogP contribution in [0.1, 0.15) is 11.1 Å². The molecule has 0 atom stereocenters. The highest BCUT2D eigenvalue weighted by atomic mass is 35.5. The van der Waals surface area contributed by atoms with Gasteiger partial charge in [-0.3, -0.25) is 14.7 Å². The van der Waals surface area contributed by atoms with Crippen LogP contribution in [-0.2, 0) is 6.54 Å². The molecular weight excluding hydrogens is 350 g/mol. The van der Waals surface area contributed by atoms with Crippen molar-refractivity contribution in [1.29, 1.82) is 0 Å². The Morgan fingerprint density at radius 2 is 2.00 bits per heavy atom. The second-order valence-electron chi connectivity index (χ2n) is 6.58. The molecule has 0 spiro atoms. The zero-order chi connectivity index (χ0) is 18.1. The van der Waals surface area contributed by atoms with Gasteiger partial charge in [0.05, 0.1) is 11.0 Å². The topological polar surface area (TPSA) is 65.1 Å². The molecule has 0 radical (unpaired) electrons. The van der Waals surface area contributed by atoms with Crippen LogP contribution in [0, 0.1) is 6.92 Å². The van der Waals surface area contributed by atoms with Crippen LogP contribution in [0.25, 0.3) is 11.0 Å². The summed E-state index contributed by atoms with van der Waals surface area (Å²) in [5.41, 5.74) is 3.03. The standard InChI is InChI=1S/C19H20ClN5O/c1-13-17(20)19(26)23-15-10-14(11-22-18(13)15)12-24-6-8-25(9-7-24)16-4-2-3-5-21-16/h2-5,10-11H,6-9,12H2,1H3,(H,23,26). The fourth-order valence-corrected chi connectivity index (χ4v) is 3.51. The lowest BCUT2D eigenvalue weighted by atomic mass is 10.1. The Kier molecular flexibility index (Phi) is 4.61. The van der Waals surface area contributed by atoms with Crippen molar-refractivity contribution < 1.29 is 0 Å². The maximum Gasteiger partial charge on any atom is 0.267 e. The molecule has 1 aliphatic heterocycles. The molecule has 26 heavy (non-hydrogen) atoms. The van der Waals surface area contributed by atoms with Crippen molar-refractivity contribution in [1.82, 2.24) is 19.9 Å². The van der Waals surface area contributed by atoms with E-state index in [2.05, 4.69) is 24.8 Å². The van der Waals surface area contributed by atoms with Crippen LogP contribution in [0.2, 0.25) is 5.02 Å². The summed E-state index contributed by atoms with van der Waals surface area (Å²) < 4.78 is 0. The predicted molar refractivity (Wildman–Crippen MR) is 104 cm³/mol. The van der Waals surface area contributed by atoms with Gasteiger partial charge in [0.2, 0.25) is 0 Å². The van der Waals surface area contributed by atoms with Gasteiger partial charge < -0.3 is 9.88 Å². The van der Waals surface area contributed by atoms with Crippen LogP contribution in [0.3, 0.4) is 0 Å². The summed E-state index contributed by atoms with van der Waals surface area (Å²) in [5, 5.41) is 0.211. The first-order chi connectivity index (χ1) is 12.6. The van der Waals surface area contributed by atoms with Crippen molar-refractivity contribution in [2.75, 3.05) is 31.1 Å². The van der Waals surface area contributed by atoms with Gasteiger partial charge >= 0.3 is 0 Å². The molecule has 0 saturated carbocycles. The normalized spacial score (nSPS) is 15.5. The van der Waals surface area contributed by atoms with Crippen molar-refractivity contribution in [3.8, 4) is 0 Å². The molecule has 4 rings (SSSR count). The first-order valence-electron chi connectivity index (χ1n) is 8.67. The fraction of sp³-hybridized carbons (Fsp3) is 0.316. The van der Waals surface area contributed by atoms with E-state index in [1.54, 1.807) is 0 Å². The van der Waals surface area contributed by atoms with E-state index >= 15 is 0 Å². The number of hydrogen-bond acceptors (Lipinski definition) is 5. The Labute approximate surface area is 156 Å². The number of nitrogens with zero attached hydrogens (tertiary/aromatic N) is 4. The van der Waals surface area contributed by atoms with E-state index in [1.807, 2.05) is 43.6 Å². The molecule has 1 fully saturated rings. The Morgan fingerprint density at radius 1 is 1.19 bits per heavy atom. The number of aryl methyl sites for hydroxylation is 1. The molecule has 134 valence electrons. The number of fused-ring (bicyclic) bond motifs is 1. The molecule has 1 aliphatic rings. The maximum absolute atomic E-state index is 11.9. The number of nitrogens with one attached hydrogen (secondary N) is 1. The summed E-state index contributed by atoms with van der Waals surface area (Å²) in [6, 6.07) is 8.00. The lowest BCUT2D eigenvalue weighted by Gasteiger charge is -2.35. The monoisotopic (exact) mass is 369 g/mol. The second kappa shape index (κ2) is 7.05. The highest BCUT2D eigenvalue weighted by Gasteiger charge is 2.18. The molecule has 1 saturated heterocycles. The largest absolute Gasteiger partial charge is 0.354 e. The van der Waals surface area contributed by atoms with Crippen LogP contribution in [0.15, 0.2) is 41.5 Å². The Morgan fingerprint density at radius 3 is 2.73 bits per heavy atom. The first-order valence-corrected chi connectivity index (χ1v) is 9.05. The number of hydrogen-bond donors (Lipinski definition) is 1. The number of piperazine rings is 1. The summed E-state index contributed by atoms with van der Waals surface area (Å²) in [6.07, 6.45) is 3.70. The summed E-state index contributed by atoms with van der Waals surface area (Å²) in [7, 11) is 0. The van der Waals surface area contributed by atoms with Crippen molar-refractivity contribution >= 4 is 28.5 Å². The van der Waals surface area contributed by atoms with E-state index in [-0.39, 0.29) is 10.6 Å². The van der Waals surface area contributed by atoms with Gasteiger partial charge in [0.25, 0.3) is 5.56 Å². The molecule has 3 aromatic rings. The number of H-pyrrole nitrogens is 1. The van der Waals surface area contributed by atoms with Crippen LogP contribution in [-0.4, -0.2) is 46.0 Å². The summed E-state index contributed by atoms with van der Waals surface area (Å²) in [6.45, 7) is 6.45. The lowest BCUT2D eigenvalue weighted by Crippen LogP contribution is -2.46. The number of halogens is 1. The van der Waals surface area contributed by atoms with Crippen LogP contribution in [0.5, 0.6) is 0 Å². The third-order valence-corrected chi connectivity index (χ3v) is 5.28. The van der Waals surface area contributed by atoms with E-state index in [9.17, 15) is 4.79 Å². The Hall–Kier alpha value is -2.44. The summed E-state index contributed by atoms with van der Waals surface area (Å²) in [5.74, 6) is 1.03. The van der Waals surface area contributed by atoms with Gasteiger partial charge in [-0.15, -0.1) is 0 Å². The Bertz CT molecular complexity index is 980. The molecule has 6 nitrogen and oxygen atoms in total. The number of aromatic amines is 1. The quantitative estimate of drug-likeness (QED) is 0.768. The molecule has 0 aliphatic carbocycles. The van der Waals surface area contributed by atoms with Crippen LogP contribution < -0.4 is 10.5 Å². The number of aromatic nitrogens is 3. The third-order valence-electron chi connectivity index (χ3n) is 4.83. The van der Waals surface area contributed by atoms with Crippen molar-refractivity contribution in [3.05, 3.63) is 63.2 Å². The molecule has 4 heterocycles. The fourth-order valence-electron chi connectivity index (χ4n) is 3.37. The van der Waals surface area contributed by atoms with E-state index in [0.29, 0.717) is 0 Å². The average molecular weight is 370 g/mol. The summed E-state index contributed by atoms with van der Waals surface area (Å²) in [4.78, 5) is 28.3. The zero-order valence-electron chi connectivity index (χ0n) is 14.6. The third kappa shape index (κ3) is 3.30. The van der Waals surface area contributed by atoms with E-state index in [1.165, 1.54) is 0 Å². The van der Waals surface area contributed by atoms with Crippen LogP contribution in [0.4, 0.5) is 5.82 Å². The molecule has 0 aromatic carbocycles. The maximum atomic E-state index is 11.9. The van der Waals surface area contributed by atoms with Gasteiger partial charge in [0.1, 0.15) is 10.8 Å². The Balaban J connectivity index is 1.47. The highest BCUT2D eigenvalue weighted by molar-refractivity contribution is 6.31. The average Bonchev–Trinajstić information content (AvgIpc) is 2.67. The van der Waals surface area contributed by atoms with Crippen molar-refractivity contribution in [3.63, 3.8) is 0 Å². The second-order valence-corrected chi connectivity index (χ2v) is 6.96. The van der Waals surface area contributed by atoms with Crippen molar-refractivity contribution in [2.24, 2.45) is 0 Å². The number of pyridine rings is 3. The van der Waals surface area contributed by atoms with Gasteiger partial charge in [0.15, 0.2) is 0 Å². The molecule has 0 bridgehead atoms. The number of rotatable bonds is 3. The minimum atomic E-state index is -0.264. The highest BCUT2D eigenvalue weighted by Crippen LogP contribution is 2.20.